The zero-order valence-corrected chi connectivity index (χ0v) is 8.49. The second-order valence-corrected chi connectivity index (χ2v) is 3.76. The molecule has 0 aliphatic rings. The van der Waals surface area contributed by atoms with E-state index in [-0.39, 0.29) is 5.78 Å². The van der Waals surface area contributed by atoms with Crippen molar-refractivity contribution in [3.05, 3.63) is 16.0 Å². The lowest BCUT2D eigenvalue weighted by molar-refractivity contribution is 0.101. The largest absolute Gasteiger partial charge is 0.487 e. The molecule has 4 heteroatoms. The van der Waals surface area contributed by atoms with E-state index >= 15 is 0 Å². The molecule has 0 aliphatic heterocycles. The first-order valence-corrected chi connectivity index (χ1v) is 4.51. The Morgan fingerprint density at radius 1 is 1.62 bits per heavy atom. The smallest absolute Gasteiger partial charge is 0.186 e. The lowest BCUT2D eigenvalue weighted by Crippen LogP contribution is -1.96. The van der Waals surface area contributed by atoms with Gasteiger partial charge in [0.05, 0.1) is 18.2 Å². The standard InChI is InChI=1S/C9H9NO2S/c1-5(11)8-7(4-10)6(2)13-9(8)12-3/h1-3H3. The third-order valence-electron chi connectivity index (χ3n) is 1.70. The normalized spacial score (nSPS) is 9.38. The number of thiophene rings is 1. The molecule has 0 fully saturated rings. The Hall–Kier alpha value is -1.34. The molecule has 3 nitrogen and oxygen atoms in total. The van der Waals surface area contributed by atoms with Crippen molar-refractivity contribution >= 4 is 17.1 Å². The van der Waals surface area contributed by atoms with E-state index in [2.05, 4.69) is 0 Å². The van der Waals surface area contributed by atoms with Crippen LogP contribution < -0.4 is 4.74 Å². The van der Waals surface area contributed by atoms with E-state index in [1.54, 1.807) is 6.92 Å². The lowest BCUT2D eigenvalue weighted by atomic mass is 10.1. The van der Waals surface area contributed by atoms with Crippen LogP contribution in [0.1, 0.15) is 27.7 Å². The van der Waals surface area contributed by atoms with Crippen LogP contribution in [0.4, 0.5) is 0 Å². The fourth-order valence-corrected chi connectivity index (χ4v) is 2.08. The van der Waals surface area contributed by atoms with Gasteiger partial charge in [-0.1, -0.05) is 0 Å². The number of rotatable bonds is 2. The second-order valence-electron chi connectivity index (χ2n) is 2.57. The Labute approximate surface area is 80.6 Å². The van der Waals surface area contributed by atoms with Crippen LogP contribution in [0.3, 0.4) is 0 Å². The van der Waals surface area contributed by atoms with E-state index in [0.29, 0.717) is 16.2 Å². The monoisotopic (exact) mass is 195 g/mol. The van der Waals surface area contributed by atoms with E-state index in [0.717, 1.165) is 4.88 Å². The quantitative estimate of drug-likeness (QED) is 0.679. The van der Waals surface area contributed by atoms with Crippen LogP contribution in [0.15, 0.2) is 0 Å². The first-order chi connectivity index (χ1) is 6.11. The van der Waals surface area contributed by atoms with Gasteiger partial charge in [-0.15, -0.1) is 11.3 Å². The number of nitrogens with zero attached hydrogens (tertiary/aromatic N) is 1. The van der Waals surface area contributed by atoms with Crippen molar-refractivity contribution in [1.29, 1.82) is 5.26 Å². The van der Waals surface area contributed by atoms with Crippen LogP contribution in [-0.2, 0) is 0 Å². The van der Waals surface area contributed by atoms with Crippen LogP contribution in [-0.4, -0.2) is 12.9 Å². The van der Waals surface area contributed by atoms with E-state index in [1.807, 2.05) is 6.07 Å². The van der Waals surface area contributed by atoms with E-state index in [9.17, 15) is 4.79 Å². The summed E-state index contributed by atoms with van der Waals surface area (Å²) in [6.45, 7) is 3.24. The molecule has 13 heavy (non-hydrogen) atoms. The minimum Gasteiger partial charge on any atom is -0.487 e. The third-order valence-corrected chi connectivity index (χ3v) is 2.77. The van der Waals surface area contributed by atoms with E-state index in [4.69, 9.17) is 10.00 Å². The summed E-state index contributed by atoms with van der Waals surface area (Å²) in [5, 5.41) is 9.34. The summed E-state index contributed by atoms with van der Waals surface area (Å²) in [4.78, 5) is 12.0. The third kappa shape index (κ3) is 1.56. The molecule has 0 radical (unpaired) electrons. The maximum Gasteiger partial charge on any atom is 0.186 e. The van der Waals surface area contributed by atoms with Crippen molar-refractivity contribution in [1.82, 2.24) is 0 Å². The highest BCUT2D eigenvalue weighted by molar-refractivity contribution is 7.14. The Morgan fingerprint density at radius 3 is 2.62 bits per heavy atom. The molecule has 0 aliphatic carbocycles. The van der Waals surface area contributed by atoms with Gasteiger partial charge < -0.3 is 4.74 Å². The molecule has 0 amide bonds. The Bertz CT molecular complexity index is 387. The fraction of sp³-hybridized carbons (Fsp3) is 0.333. The molecule has 0 bridgehead atoms. The molecule has 68 valence electrons. The number of aryl methyl sites for hydroxylation is 1. The average Bonchev–Trinajstić information content (AvgIpc) is 2.41. The molecular weight excluding hydrogens is 186 g/mol. The topological polar surface area (TPSA) is 50.1 Å². The van der Waals surface area contributed by atoms with Crippen molar-refractivity contribution in [3.8, 4) is 11.1 Å². The first kappa shape index (κ1) is 9.75. The highest BCUT2D eigenvalue weighted by atomic mass is 32.1. The van der Waals surface area contributed by atoms with Crippen molar-refractivity contribution in [2.24, 2.45) is 0 Å². The predicted molar refractivity (Wildman–Crippen MR) is 50.3 cm³/mol. The van der Waals surface area contributed by atoms with Gasteiger partial charge in [-0.3, -0.25) is 4.79 Å². The highest BCUT2D eigenvalue weighted by Crippen LogP contribution is 2.34. The lowest BCUT2D eigenvalue weighted by Gasteiger charge is -1.96. The van der Waals surface area contributed by atoms with Gasteiger partial charge in [0.25, 0.3) is 0 Å². The number of nitriles is 1. The highest BCUT2D eigenvalue weighted by Gasteiger charge is 2.19. The minimum atomic E-state index is -0.127. The SMILES string of the molecule is COc1sc(C)c(C#N)c1C(C)=O. The summed E-state index contributed by atoms with van der Waals surface area (Å²) < 4.78 is 5.02. The van der Waals surface area contributed by atoms with Crippen LogP contribution in [0, 0.1) is 18.3 Å². The predicted octanol–water partition coefficient (Wildman–Crippen LogP) is 2.14. The van der Waals surface area contributed by atoms with Crippen molar-refractivity contribution in [2.75, 3.05) is 7.11 Å². The molecular formula is C9H9NO2S. The molecule has 0 N–H and O–H groups in total. The zero-order valence-electron chi connectivity index (χ0n) is 7.67. The number of methoxy groups -OCH3 is 1. The van der Waals surface area contributed by atoms with Gasteiger partial charge in [0.15, 0.2) is 10.8 Å². The summed E-state index contributed by atoms with van der Waals surface area (Å²) in [6.07, 6.45) is 0. The number of hydrogen-bond acceptors (Lipinski definition) is 4. The Balaban J connectivity index is 3.43. The molecule has 0 spiro atoms. The average molecular weight is 195 g/mol. The molecule has 1 rings (SSSR count). The van der Waals surface area contributed by atoms with Gasteiger partial charge in [0, 0.05) is 4.88 Å². The Morgan fingerprint density at radius 2 is 2.23 bits per heavy atom. The summed E-state index contributed by atoms with van der Waals surface area (Å²) in [7, 11) is 1.50. The maximum atomic E-state index is 11.2. The number of carbonyl (C=O) groups is 1. The summed E-state index contributed by atoms with van der Waals surface area (Å²) in [5.74, 6) is -0.127. The number of Topliss-reactive ketones (excluding diaryl/α,β-unsaturated/α-hetero) is 1. The zero-order chi connectivity index (χ0) is 10.0. The Kier molecular flexibility index (Phi) is 2.69. The molecule has 1 aromatic heterocycles. The number of ether oxygens (including phenoxy) is 1. The molecule has 0 saturated carbocycles. The number of hydrogen-bond donors (Lipinski definition) is 0. The van der Waals surface area contributed by atoms with Crippen molar-refractivity contribution in [3.63, 3.8) is 0 Å². The van der Waals surface area contributed by atoms with Crippen molar-refractivity contribution < 1.29 is 9.53 Å². The van der Waals surface area contributed by atoms with E-state index in [1.165, 1.54) is 25.4 Å². The van der Waals surface area contributed by atoms with Gasteiger partial charge >= 0.3 is 0 Å². The molecule has 1 heterocycles. The van der Waals surface area contributed by atoms with Crippen molar-refractivity contribution in [2.45, 2.75) is 13.8 Å². The van der Waals surface area contributed by atoms with E-state index < -0.39 is 0 Å². The molecule has 0 aromatic carbocycles. The molecule has 0 unspecified atom stereocenters. The fourth-order valence-electron chi connectivity index (χ4n) is 1.12. The minimum absolute atomic E-state index is 0.127. The first-order valence-electron chi connectivity index (χ1n) is 3.70. The van der Waals surface area contributed by atoms with Gasteiger partial charge in [0.1, 0.15) is 6.07 Å². The second kappa shape index (κ2) is 3.58. The van der Waals surface area contributed by atoms with Gasteiger partial charge in [0.2, 0.25) is 0 Å². The molecule has 0 atom stereocenters. The van der Waals surface area contributed by atoms with Gasteiger partial charge in [-0.25, -0.2) is 0 Å². The summed E-state index contributed by atoms with van der Waals surface area (Å²) >= 11 is 1.33. The van der Waals surface area contributed by atoms with Gasteiger partial charge in [-0.2, -0.15) is 5.26 Å². The maximum absolute atomic E-state index is 11.2. The van der Waals surface area contributed by atoms with Gasteiger partial charge in [-0.05, 0) is 13.8 Å². The van der Waals surface area contributed by atoms with Crippen LogP contribution in [0.5, 0.6) is 5.06 Å². The number of ketones is 1. The summed E-state index contributed by atoms with van der Waals surface area (Å²) in [5.41, 5.74) is 0.849. The molecule has 0 saturated heterocycles. The van der Waals surface area contributed by atoms with Crippen LogP contribution in [0.2, 0.25) is 0 Å². The van der Waals surface area contributed by atoms with Crippen LogP contribution in [0.25, 0.3) is 0 Å². The number of carbonyl (C=O) groups excluding carboxylic acids is 1. The summed E-state index contributed by atoms with van der Waals surface area (Å²) in [6, 6.07) is 2.01. The van der Waals surface area contributed by atoms with Crippen LogP contribution >= 0.6 is 11.3 Å². The molecule has 1 aromatic rings.